The fourth-order valence-electron chi connectivity index (χ4n) is 2.24. The van der Waals surface area contributed by atoms with Crippen LogP contribution in [0.5, 0.6) is 0 Å². The summed E-state index contributed by atoms with van der Waals surface area (Å²) in [5.74, 6) is -0.961. The number of amides is 1. The summed E-state index contributed by atoms with van der Waals surface area (Å²) in [4.78, 5) is 12.3. The molecule has 1 unspecified atom stereocenters. The smallest absolute Gasteiger partial charge is 0.238 e. The molecule has 0 radical (unpaired) electrons. The Balaban J connectivity index is 1.98. The van der Waals surface area contributed by atoms with Crippen LogP contribution in [0.4, 0.5) is 0 Å². The van der Waals surface area contributed by atoms with E-state index in [1.54, 1.807) is 5.01 Å². The summed E-state index contributed by atoms with van der Waals surface area (Å²) in [5, 5.41) is 1.78. The molecule has 0 bridgehead atoms. The maximum absolute atomic E-state index is 12.3. The molecule has 6 nitrogen and oxygen atoms in total. The first-order chi connectivity index (χ1) is 10.1. The second-order valence-electron chi connectivity index (χ2n) is 4.98. The molecule has 1 aliphatic rings. The van der Waals surface area contributed by atoms with Crippen LogP contribution in [-0.2, 0) is 26.7 Å². The van der Waals surface area contributed by atoms with Gasteiger partial charge in [0.25, 0.3) is 0 Å². The highest BCUT2D eigenvalue weighted by Gasteiger charge is 2.23. The number of carbonyl (C=O) groups is 1. The number of hydrogen-bond donors (Lipinski definition) is 2. The maximum Gasteiger partial charge on any atom is 0.238 e. The number of hydrogen-bond acceptors (Lipinski definition) is 5. The molecule has 21 heavy (non-hydrogen) atoms. The van der Waals surface area contributed by atoms with E-state index in [1.165, 1.54) is 0 Å². The zero-order valence-corrected chi connectivity index (χ0v) is 12.6. The van der Waals surface area contributed by atoms with Crippen molar-refractivity contribution >= 4 is 16.6 Å². The highest BCUT2D eigenvalue weighted by atomic mass is 32.2. The topological polar surface area (TPSA) is 75.7 Å². The van der Waals surface area contributed by atoms with Crippen molar-refractivity contribution in [3.05, 3.63) is 35.9 Å². The minimum absolute atomic E-state index is 0.138. The Hall–Kier alpha value is -1.44. The molecule has 1 aromatic carbocycles. The molecule has 1 heterocycles. The zero-order valence-electron chi connectivity index (χ0n) is 11.7. The molecule has 1 N–H and O–H groups in total. The molecule has 1 aromatic rings. The van der Waals surface area contributed by atoms with Gasteiger partial charge in [-0.25, -0.2) is 13.4 Å². The highest BCUT2D eigenvalue weighted by Crippen LogP contribution is 2.10. The lowest BCUT2D eigenvalue weighted by atomic mass is 10.0. The number of benzene rings is 1. The van der Waals surface area contributed by atoms with Crippen molar-refractivity contribution in [2.24, 2.45) is 5.92 Å². The number of hydrazine groups is 1. The van der Waals surface area contributed by atoms with E-state index in [2.05, 4.69) is 5.43 Å². The van der Waals surface area contributed by atoms with Crippen molar-refractivity contribution in [3.63, 3.8) is 0 Å². The summed E-state index contributed by atoms with van der Waals surface area (Å²) >= 11 is 0. The van der Waals surface area contributed by atoms with Crippen LogP contribution in [0.3, 0.4) is 0 Å². The van der Waals surface area contributed by atoms with Crippen LogP contribution >= 0.6 is 0 Å². The Morgan fingerprint density at radius 3 is 2.52 bits per heavy atom. The molecule has 1 fully saturated rings. The van der Waals surface area contributed by atoms with Gasteiger partial charge in [0.05, 0.1) is 24.9 Å². The number of nitrogens with zero attached hydrogens (tertiary/aromatic N) is 1. The third kappa shape index (κ3) is 5.45. The minimum Gasteiger partial charge on any atom is -0.379 e. The first kappa shape index (κ1) is 15.9. The summed E-state index contributed by atoms with van der Waals surface area (Å²) in [7, 11) is -2.60. The second kappa shape index (κ2) is 8.11. The molecule has 7 heteroatoms. The van der Waals surface area contributed by atoms with E-state index in [1.807, 2.05) is 30.3 Å². The number of nitrogens with one attached hydrogen (secondary N) is 1. The SMILES string of the molecule is O=C(NN1CCOCC1)C(Cc1ccccc1)C[SH](=O)=O. The summed E-state index contributed by atoms with van der Waals surface area (Å²) in [6, 6.07) is 9.44. The first-order valence-corrected chi connectivity index (χ1v) is 8.30. The minimum atomic E-state index is -2.60. The zero-order chi connectivity index (χ0) is 15.1. The first-order valence-electron chi connectivity index (χ1n) is 6.94. The van der Waals surface area contributed by atoms with Gasteiger partial charge in [-0.05, 0) is 12.0 Å². The summed E-state index contributed by atoms with van der Waals surface area (Å²) in [5.41, 5.74) is 3.75. The van der Waals surface area contributed by atoms with Gasteiger partial charge in [0.2, 0.25) is 5.91 Å². The average Bonchev–Trinajstić information content (AvgIpc) is 2.48. The normalized spacial score (nSPS) is 17.6. The van der Waals surface area contributed by atoms with Gasteiger partial charge >= 0.3 is 0 Å². The van der Waals surface area contributed by atoms with Crippen LogP contribution < -0.4 is 5.43 Å². The Kier molecular flexibility index (Phi) is 6.16. The monoisotopic (exact) mass is 312 g/mol. The van der Waals surface area contributed by atoms with Gasteiger partial charge in [-0.2, -0.15) is 0 Å². The van der Waals surface area contributed by atoms with Gasteiger partial charge in [0.15, 0.2) is 0 Å². The molecule has 2 rings (SSSR count). The van der Waals surface area contributed by atoms with E-state index < -0.39 is 16.6 Å². The number of rotatable bonds is 6. The van der Waals surface area contributed by atoms with Gasteiger partial charge in [-0.3, -0.25) is 10.2 Å². The molecule has 0 saturated carbocycles. The Morgan fingerprint density at radius 2 is 1.90 bits per heavy atom. The second-order valence-corrected chi connectivity index (χ2v) is 6.01. The van der Waals surface area contributed by atoms with Crippen molar-refractivity contribution in [1.29, 1.82) is 0 Å². The van der Waals surface area contributed by atoms with E-state index in [0.29, 0.717) is 32.7 Å². The van der Waals surface area contributed by atoms with Gasteiger partial charge in [0.1, 0.15) is 10.7 Å². The summed E-state index contributed by atoms with van der Waals surface area (Å²) in [6.45, 7) is 2.37. The van der Waals surface area contributed by atoms with Crippen molar-refractivity contribution in [3.8, 4) is 0 Å². The largest absolute Gasteiger partial charge is 0.379 e. The van der Waals surface area contributed by atoms with E-state index >= 15 is 0 Å². The number of morpholine rings is 1. The van der Waals surface area contributed by atoms with Crippen LogP contribution in [0, 0.1) is 5.92 Å². The van der Waals surface area contributed by atoms with Gasteiger partial charge in [-0.1, -0.05) is 30.3 Å². The van der Waals surface area contributed by atoms with Crippen molar-refractivity contribution in [1.82, 2.24) is 10.4 Å². The van der Waals surface area contributed by atoms with Crippen LogP contribution in [0.15, 0.2) is 30.3 Å². The fourth-order valence-corrected chi connectivity index (χ4v) is 2.90. The molecule has 1 saturated heterocycles. The van der Waals surface area contributed by atoms with Crippen molar-refractivity contribution in [2.75, 3.05) is 32.1 Å². The summed E-state index contributed by atoms with van der Waals surface area (Å²) < 4.78 is 27.3. The molecule has 0 aromatic heterocycles. The molecule has 1 amide bonds. The van der Waals surface area contributed by atoms with Crippen LogP contribution in [0.1, 0.15) is 5.56 Å². The van der Waals surface area contributed by atoms with E-state index in [4.69, 9.17) is 4.74 Å². The van der Waals surface area contributed by atoms with Crippen molar-refractivity contribution < 1.29 is 17.9 Å². The average molecular weight is 312 g/mol. The summed E-state index contributed by atoms with van der Waals surface area (Å²) in [6.07, 6.45) is 0.417. The van der Waals surface area contributed by atoms with Crippen LogP contribution in [0.25, 0.3) is 0 Å². The Morgan fingerprint density at radius 1 is 1.24 bits per heavy atom. The van der Waals surface area contributed by atoms with E-state index in [0.717, 1.165) is 5.56 Å². The molecule has 1 aliphatic heterocycles. The lowest BCUT2D eigenvalue weighted by molar-refractivity contribution is -0.131. The van der Waals surface area contributed by atoms with E-state index in [-0.39, 0.29) is 11.7 Å². The Bertz CT molecular complexity index is 519. The number of carbonyl (C=O) groups excluding carboxylic acids is 1. The molecule has 1 atom stereocenters. The quantitative estimate of drug-likeness (QED) is 0.713. The lowest BCUT2D eigenvalue weighted by Crippen LogP contribution is -2.51. The standard InChI is InChI=1S/C14H20N2O4S/c17-14(15-16-6-8-20-9-7-16)13(11-21(18)19)10-12-4-2-1-3-5-12/h1-5,13,21H,6-11H2,(H,15,17). The van der Waals surface area contributed by atoms with Crippen molar-refractivity contribution in [2.45, 2.75) is 6.42 Å². The molecular weight excluding hydrogens is 292 g/mol. The molecule has 0 spiro atoms. The molecular formula is C14H20N2O4S. The Labute approximate surface area is 126 Å². The lowest BCUT2D eigenvalue weighted by Gasteiger charge is -2.28. The highest BCUT2D eigenvalue weighted by molar-refractivity contribution is 7.72. The predicted molar refractivity (Wildman–Crippen MR) is 79.4 cm³/mol. The van der Waals surface area contributed by atoms with Crippen LogP contribution in [0.2, 0.25) is 0 Å². The van der Waals surface area contributed by atoms with Crippen LogP contribution in [-0.4, -0.2) is 51.4 Å². The van der Waals surface area contributed by atoms with Gasteiger partial charge in [-0.15, -0.1) is 0 Å². The molecule has 116 valence electrons. The van der Waals surface area contributed by atoms with Gasteiger partial charge in [0, 0.05) is 13.1 Å². The third-order valence-corrected chi connectivity index (χ3v) is 4.08. The van der Waals surface area contributed by atoms with Gasteiger partial charge < -0.3 is 4.74 Å². The fraction of sp³-hybridized carbons (Fsp3) is 0.500. The third-order valence-electron chi connectivity index (χ3n) is 3.34. The molecule has 0 aliphatic carbocycles. The maximum atomic E-state index is 12.3. The number of ether oxygens (including phenoxy) is 1. The predicted octanol–water partition coefficient (Wildman–Crippen LogP) is -0.180. The van der Waals surface area contributed by atoms with E-state index in [9.17, 15) is 13.2 Å². The number of thiol groups is 1.